The molecule has 0 aliphatic rings. The van der Waals surface area contributed by atoms with Gasteiger partial charge in [0, 0.05) is 16.1 Å². The predicted molar refractivity (Wildman–Crippen MR) is 46.1 cm³/mol. The summed E-state index contributed by atoms with van der Waals surface area (Å²) in [4.78, 5) is 19.7. The molecule has 0 spiro atoms. The quantitative estimate of drug-likeness (QED) is 0.458. The summed E-state index contributed by atoms with van der Waals surface area (Å²) >= 11 is 2.91. The average molecular weight is 248 g/mol. The van der Waals surface area contributed by atoms with E-state index in [2.05, 4.69) is 15.9 Å². The highest BCUT2D eigenvalue weighted by atomic mass is 79.9. The third-order valence-electron chi connectivity index (χ3n) is 1.39. The molecule has 0 amide bonds. The van der Waals surface area contributed by atoms with E-state index >= 15 is 0 Å². The summed E-state index contributed by atoms with van der Waals surface area (Å²) in [5, 5.41) is 10.2. The van der Waals surface area contributed by atoms with Crippen molar-refractivity contribution in [3.05, 3.63) is 38.1 Å². The Balaban J connectivity index is 3.36. The fourth-order valence-corrected chi connectivity index (χ4v) is 1.21. The summed E-state index contributed by atoms with van der Waals surface area (Å²) in [5.74, 6) is -1.02. The van der Waals surface area contributed by atoms with Crippen LogP contribution in [0.5, 0.6) is 0 Å². The van der Waals surface area contributed by atoms with Gasteiger partial charge in [-0.05, 0) is 22.0 Å². The van der Waals surface area contributed by atoms with Gasteiger partial charge in [-0.3, -0.25) is 14.9 Å². The maximum Gasteiger partial charge on any atom is 0.305 e. The van der Waals surface area contributed by atoms with Crippen LogP contribution < -0.4 is 0 Å². The van der Waals surface area contributed by atoms with Crippen molar-refractivity contribution in [1.82, 2.24) is 0 Å². The van der Waals surface area contributed by atoms with Gasteiger partial charge in [0.25, 0.3) is 0 Å². The minimum Gasteiger partial charge on any atom is -0.298 e. The van der Waals surface area contributed by atoms with Crippen LogP contribution in [0.3, 0.4) is 0 Å². The highest BCUT2D eigenvalue weighted by Gasteiger charge is 2.16. The molecule has 0 saturated carbocycles. The summed E-state index contributed by atoms with van der Waals surface area (Å²) in [6.45, 7) is 0. The van der Waals surface area contributed by atoms with Crippen LogP contribution in [0, 0.1) is 15.9 Å². The normalized spacial score (nSPS) is 9.69. The molecule has 0 unspecified atom stereocenters. The molecule has 0 radical (unpaired) electrons. The Morgan fingerprint density at radius 2 is 2.15 bits per heavy atom. The topological polar surface area (TPSA) is 60.2 Å². The lowest BCUT2D eigenvalue weighted by molar-refractivity contribution is -0.387. The number of hydrogen-bond donors (Lipinski definition) is 0. The second-order valence-electron chi connectivity index (χ2n) is 2.20. The molecule has 0 heterocycles. The van der Waals surface area contributed by atoms with E-state index < -0.39 is 16.4 Å². The van der Waals surface area contributed by atoms with Gasteiger partial charge in [-0.2, -0.15) is 4.39 Å². The maximum atomic E-state index is 12.8. The Bertz CT molecular complexity index is 380. The maximum absolute atomic E-state index is 12.8. The number of carbonyl (C=O) groups excluding carboxylic acids is 1. The summed E-state index contributed by atoms with van der Waals surface area (Å²) in [5.41, 5.74) is -0.611. The minimum atomic E-state index is -1.02. The number of nitrogens with zero attached hydrogens (tertiary/aromatic N) is 1. The van der Waals surface area contributed by atoms with Gasteiger partial charge in [0.15, 0.2) is 6.29 Å². The summed E-state index contributed by atoms with van der Waals surface area (Å²) in [6, 6.07) is 1.77. The lowest BCUT2D eigenvalue weighted by atomic mass is 10.2. The molecule has 0 saturated heterocycles. The summed E-state index contributed by atoms with van der Waals surface area (Å²) in [6.07, 6.45) is 0.414. The van der Waals surface area contributed by atoms with Gasteiger partial charge in [-0.25, -0.2) is 0 Å². The molecule has 4 nitrogen and oxygen atoms in total. The fourth-order valence-electron chi connectivity index (χ4n) is 0.782. The molecule has 68 valence electrons. The number of aldehydes is 1. The number of halogens is 2. The fraction of sp³-hybridized carbons (Fsp3) is 0. The summed E-state index contributed by atoms with van der Waals surface area (Å²) in [7, 11) is 0. The molecule has 0 bridgehead atoms. The van der Waals surface area contributed by atoms with Gasteiger partial charge < -0.3 is 0 Å². The monoisotopic (exact) mass is 247 g/mol. The van der Waals surface area contributed by atoms with Crippen LogP contribution >= 0.6 is 15.9 Å². The zero-order valence-corrected chi connectivity index (χ0v) is 7.75. The number of nitro benzene ring substituents is 1. The van der Waals surface area contributed by atoms with E-state index in [9.17, 15) is 19.3 Å². The molecule has 1 rings (SSSR count). The molecule has 0 fully saturated rings. The Hall–Kier alpha value is -1.30. The van der Waals surface area contributed by atoms with Gasteiger partial charge >= 0.3 is 5.69 Å². The molecule has 1 aromatic carbocycles. The first-order chi connectivity index (χ1) is 6.06. The number of hydrogen-bond acceptors (Lipinski definition) is 3. The largest absolute Gasteiger partial charge is 0.305 e. The predicted octanol–water partition coefficient (Wildman–Crippen LogP) is 2.31. The zero-order chi connectivity index (χ0) is 10.0. The first kappa shape index (κ1) is 9.79. The molecular formula is C7H3BrFNO3. The van der Waals surface area contributed by atoms with Crippen molar-refractivity contribution in [2.45, 2.75) is 0 Å². The average Bonchev–Trinajstić information content (AvgIpc) is 2.07. The Labute approximate surface area is 80.6 Å². The smallest absolute Gasteiger partial charge is 0.298 e. The number of carbonyl (C=O) groups is 1. The van der Waals surface area contributed by atoms with Crippen LogP contribution in [0.25, 0.3) is 0 Å². The molecule has 6 heteroatoms. The molecule has 0 aliphatic heterocycles. The lowest BCUT2D eigenvalue weighted by Crippen LogP contribution is -1.94. The van der Waals surface area contributed by atoms with E-state index in [1.165, 1.54) is 0 Å². The molecule has 0 N–H and O–H groups in total. The van der Waals surface area contributed by atoms with Crippen LogP contribution in [-0.4, -0.2) is 11.2 Å². The van der Waals surface area contributed by atoms with E-state index in [1.807, 2.05) is 0 Å². The molecule has 1 aromatic rings. The van der Waals surface area contributed by atoms with Gasteiger partial charge in [0.05, 0.1) is 4.92 Å². The number of rotatable bonds is 2. The van der Waals surface area contributed by atoms with Crippen LogP contribution in [-0.2, 0) is 0 Å². The lowest BCUT2D eigenvalue weighted by Gasteiger charge is -1.97. The van der Waals surface area contributed by atoms with E-state index in [0.29, 0.717) is 6.29 Å². The van der Waals surface area contributed by atoms with Crippen LogP contribution in [0.2, 0.25) is 0 Å². The van der Waals surface area contributed by atoms with Crippen LogP contribution in [0.15, 0.2) is 16.6 Å². The standard InChI is InChI=1S/C7H3BrFNO3/c8-5-2-7(10(12)13)6(9)1-4(5)3-11/h1-3H. The van der Waals surface area contributed by atoms with Crippen molar-refractivity contribution >= 4 is 27.9 Å². The molecule has 0 atom stereocenters. The first-order valence-electron chi connectivity index (χ1n) is 3.15. The second kappa shape index (κ2) is 3.61. The number of nitro groups is 1. The minimum absolute atomic E-state index is 0.0445. The van der Waals surface area contributed by atoms with Crippen molar-refractivity contribution < 1.29 is 14.1 Å². The zero-order valence-electron chi connectivity index (χ0n) is 6.16. The molecule has 13 heavy (non-hydrogen) atoms. The van der Waals surface area contributed by atoms with Crippen LogP contribution in [0.1, 0.15) is 10.4 Å². The van der Waals surface area contributed by atoms with Gasteiger partial charge in [0.2, 0.25) is 5.82 Å². The van der Waals surface area contributed by atoms with E-state index in [1.54, 1.807) is 0 Å². The van der Waals surface area contributed by atoms with Crippen LogP contribution in [0.4, 0.5) is 10.1 Å². The highest BCUT2D eigenvalue weighted by Crippen LogP contribution is 2.25. The Morgan fingerprint density at radius 1 is 1.54 bits per heavy atom. The van der Waals surface area contributed by atoms with E-state index in [0.717, 1.165) is 12.1 Å². The SMILES string of the molecule is O=Cc1cc(F)c([N+](=O)[O-])cc1Br. The third-order valence-corrected chi connectivity index (χ3v) is 2.08. The second-order valence-corrected chi connectivity index (χ2v) is 3.05. The molecule has 0 aliphatic carbocycles. The van der Waals surface area contributed by atoms with E-state index in [4.69, 9.17) is 0 Å². The Morgan fingerprint density at radius 3 is 2.62 bits per heavy atom. The summed E-state index contributed by atoms with van der Waals surface area (Å²) < 4.78 is 13.1. The Kier molecular flexibility index (Phi) is 2.72. The van der Waals surface area contributed by atoms with E-state index in [-0.39, 0.29) is 10.0 Å². The molecular weight excluding hydrogens is 245 g/mol. The van der Waals surface area contributed by atoms with Crippen molar-refractivity contribution in [3.8, 4) is 0 Å². The van der Waals surface area contributed by atoms with Crippen molar-refractivity contribution in [3.63, 3.8) is 0 Å². The van der Waals surface area contributed by atoms with Gasteiger partial charge in [0.1, 0.15) is 0 Å². The number of benzene rings is 1. The third kappa shape index (κ3) is 1.89. The van der Waals surface area contributed by atoms with Crippen molar-refractivity contribution in [1.29, 1.82) is 0 Å². The van der Waals surface area contributed by atoms with Gasteiger partial charge in [-0.1, -0.05) is 0 Å². The first-order valence-corrected chi connectivity index (χ1v) is 3.94. The highest BCUT2D eigenvalue weighted by molar-refractivity contribution is 9.10. The van der Waals surface area contributed by atoms with Gasteiger partial charge in [-0.15, -0.1) is 0 Å². The van der Waals surface area contributed by atoms with Crippen molar-refractivity contribution in [2.75, 3.05) is 0 Å². The molecule has 0 aromatic heterocycles. The van der Waals surface area contributed by atoms with Crippen molar-refractivity contribution in [2.24, 2.45) is 0 Å².